The van der Waals surface area contributed by atoms with E-state index in [9.17, 15) is 8.42 Å². The van der Waals surface area contributed by atoms with E-state index in [4.69, 9.17) is 0 Å². The summed E-state index contributed by atoms with van der Waals surface area (Å²) in [4.78, 5) is 0. The first kappa shape index (κ1) is 9.95. The number of rotatable bonds is 4. The third-order valence-corrected chi connectivity index (χ3v) is 3.65. The number of hydrogen-bond donors (Lipinski definition) is 1. The zero-order valence-corrected chi connectivity index (χ0v) is 8.56. The summed E-state index contributed by atoms with van der Waals surface area (Å²) in [6.07, 6.45) is 1.99. The van der Waals surface area contributed by atoms with Crippen LogP contribution >= 0.6 is 0 Å². The Kier molecular flexibility index (Phi) is 2.75. The molecule has 1 N–H and O–H groups in total. The number of hydrogen-bond acceptors (Lipinski definition) is 2. The Labute approximate surface area is 74.1 Å². The first-order valence-corrected chi connectivity index (χ1v) is 5.63. The van der Waals surface area contributed by atoms with Crippen molar-refractivity contribution in [2.45, 2.75) is 38.8 Å². The average molecular weight is 192 g/mol. The Bertz CT molecular complexity index is 244. The highest BCUT2D eigenvalue weighted by atomic mass is 32.2. The van der Waals surface area contributed by atoms with Gasteiger partial charge in [-0.15, -0.1) is 0 Å². The third kappa shape index (κ3) is 2.43. The number of nitrogens with one attached hydrogen (secondary N) is 1. The van der Waals surface area contributed by atoms with Crippen LogP contribution in [0.1, 0.15) is 26.7 Å². The first-order valence-electron chi connectivity index (χ1n) is 4.19. The van der Waals surface area contributed by atoms with Gasteiger partial charge in [0.25, 0.3) is 10.2 Å². The number of nitrogens with zero attached hydrogens (tertiary/aromatic N) is 1. The molecule has 0 aromatic rings. The lowest BCUT2D eigenvalue weighted by atomic mass is 10.4. The maximum atomic E-state index is 11.4. The molecule has 0 amide bonds. The van der Waals surface area contributed by atoms with Crippen molar-refractivity contribution < 1.29 is 8.42 Å². The van der Waals surface area contributed by atoms with Gasteiger partial charge < -0.3 is 0 Å². The SMILES string of the molecule is CC(C)NS(=O)(=O)N(C)C1CC1. The molecule has 0 unspecified atom stereocenters. The fraction of sp³-hybridized carbons (Fsp3) is 1.00. The zero-order chi connectivity index (χ0) is 9.35. The molecule has 1 rings (SSSR count). The minimum absolute atomic E-state index is 0.0313. The maximum absolute atomic E-state index is 11.4. The largest absolute Gasteiger partial charge is 0.279 e. The second kappa shape index (κ2) is 3.32. The summed E-state index contributed by atoms with van der Waals surface area (Å²) in [6.45, 7) is 3.64. The van der Waals surface area contributed by atoms with Crippen LogP contribution in [0.25, 0.3) is 0 Å². The van der Waals surface area contributed by atoms with Gasteiger partial charge in [-0.3, -0.25) is 0 Å². The van der Waals surface area contributed by atoms with Crippen LogP contribution in [0.4, 0.5) is 0 Å². The van der Waals surface area contributed by atoms with E-state index in [1.807, 2.05) is 13.8 Å². The van der Waals surface area contributed by atoms with Crippen LogP contribution in [0.3, 0.4) is 0 Å². The molecule has 0 spiro atoms. The minimum atomic E-state index is -3.21. The normalized spacial score (nSPS) is 19.1. The predicted molar refractivity (Wildman–Crippen MR) is 48.0 cm³/mol. The molecule has 72 valence electrons. The van der Waals surface area contributed by atoms with Crippen molar-refractivity contribution in [2.75, 3.05) is 7.05 Å². The molecule has 1 saturated carbocycles. The van der Waals surface area contributed by atoms with E-state index in [0.29, 0.717) is 0 Å². The van der Waals surface area contributed by atoms with Crippen LogP contribution in [-0.4, -0.2) is 31.9 Å². The molecule has 0 atom stereocenters. The van der Waals surface area contributed by atoms with Gasteiger partial charge >= 0.3 is 0 Å². The minimum Gasteiger partial charge on any atom is -0.200 e. The molecular weight excluding hydrogens is 176 g/mol. The van der Waals surface area contributed by atoms with Crippen LogP contribution < -0.4 is 4.72 Å². The maximum Gasteiger partial charge on any atom is 0.279 e. The standard InChI is InChI=1S/C7H16N2O2S/c1-6(2)8-12(10,11)9(3)7-4-5-7/h6-8H,4-5H2,1-3H3. The molecule has 0 heterocycles. The Hall–Kier alpha value is -0.130. The Morgan fingerprint density at radius 1 is 1.42 bits per heavy atom. The van der Waals surface area contributed by atoms with E-state index < -0.39 is 10.2 Å². The lowest BCUT2D eigenvalue weighted by molar-refractivity contribution is 0.447. The first-order chi connectivity index (χ1) is 5.43. The Morgan fingerprint density at radius 2 is 1.92 bits per heavy atom. The quantitative estimate of drug-likeness (QED) is 0.697. The molecule has 0 saturated heterocycles. The van der Waals surface area contributed by atoms with Crippen LogP contribution in [0.5, 0.6) is 0 Å². The molecule has 0 aliphatic heterocycles. The van der Waals surface area contributed by atoms with Gasteiger partial charge in [-0.05, 0) is 26.7 Å². The second-order valence-corrected chi connectivity index (χ2v) is 5.29. The topological polar surface area (TPSA) is 49.4 Å². The molecule has 1 aliphatic rings. The predicted octanol–water partition coefficient (Wildman–Crippen LogP) is 0.323. The molecular formula is C7H16N2O2S. The van der Waals surface area contributed by atoms with Crippen LogP contribution in [0.15, 0.2) is 0 Å². The molecule has 5 heteroatoms. The van der Waals surface area contributed by atoms with Gasteiger partial charge in [0.05, 0.1) is 0 Å². The van der Waals surface area contributed by atoms with Gasteiger partial charge in [-0.2, -0.15) is 17.4 Å². The van der Waals surface area contributed by atoms with Crippen LogP contribution in [-0.2, 0) is 10.2 Å². The van der Waals surface area contributed by atoms with E-state index in [1.165, 1.54) is 4.31 Å². The van der Waals surface area contributed by atoms with Gasteiger partial charge in [0.2, 0.25) is 0 Å². The highest BCUT2D eigenvalue weighted by molar-refractivity contribution is 7.87. The van der Waals surface area contributed by atoms with Crippen LogP contribution in [0.2, 0.25) is 0 Å². The summed E-state index contributed by atoms with van der Waals surface area (Å²) < 4.78 is 26.8. The molecule has 1 fully saturated rings. The van der Waals surface area contributed by atoms with Gasteiger partial charge in [0, 0.05) is 19.1 Å². The lowest BCUT2D eigenvalue weighted by Crippen LogP contribution is -2.42. The molecule has 1 aliphatic carbocycles. The van der Waals surface area contributed by atoms with E-state index in [-0.39, 0.29) is 12.1 Å². The lowest BCUT2D eigenvalue weighted by Gasteiger charge is -2.18. The van der Waals surface area contributed by atoms with Gasteiger partial charge in [0.15, 0.2) is 0 Å². The molecule has 12 heavy (non-hydrogen) atoms. The second-order valence-electron chi connectivity index (χ2n) is 3.52. The van der Waals surface area contributed by atoms with Crippen LogP contribution in [0, 0.1) is 0 Å². The smallest absolute Gasteiger partial charge is 0.200 e. The molecule has 0 aromatic carbocycles. The monoisotopic (exact) mass is 192 g/mol. The average Bonchev–Trinajstić information content (AvgIpc) is 2.63. The summed E-state index contributed by atoms with van der Waals surface area (Å²) in [7, 11) is -1.59. The molecule has 0 radical (unpaired) electrons. The van der Waals surface area contributed by atoms with Crippen molar-refractivity contribution in [1.82, 2.24) is 9.03 Å². The van der Waals surface area contributed by atoms with Crippen molar-refractivity contribution in [1.29, 1.82) is 0 Å². The molecule has 0 bridgehead atoms. The van der Waals surface area contributed by atoms with E-state index in [2.05, 4.69) is 4.72 Å². The summed E-state index contributed by atoms with van der Waals surface area (Å²) in [5, 5.41) is 0. The summed E-state index contributed by atoms with van der Waals surface area (Å²) >= 11 is 0. The fourth-order valence-corrected chi connectivity index (χ4v) is 2.38. The zero-order valence-electron chi connectivity index (χ0n) is 7.74. The fourth-order valence-electron chi connectivity index (χ4n) is 1.02. The highest BCUT2D eigenvalue weighted by Crippen LogP contribution is 2.26. The highest BCUT2D eigenvalue weighted by Gasteiger charge is 2.34. The van der Waals surface area contributed by atoms with Crippen molar-refractivity contribution in [3.05, 3.63) is 0 Å². The van der Waals surface area contributed by atoms with Gasteiger partial charge in [0.1, 0.15) is 0 Å². The van der Waals surface area contributed by atoms with E-state index >= 15 is 0 Å². The Morgan fingerprint density at radius 3 is 2.25 bits per heavy atom. The molecule has 4 nitrogen and oxygen atoms in total. The summed E-state index contributed by atoms with van der Waals surface area (Å²) in [5.41, 5.74) is 0. The van der Waals surface area contributed by atoms with Crippen molar-refractivity contribution in [3.8, 4) is 0 Å². The summed E-state index contributed by atoms with van der Waals surface area (Å²) in [5.74, 6) is 0. The van der Waals surface area contributed by atoms with Crippen molar-refractivity contribution >= 4 is 10.2 Å². The van der Waals surface area contributed by atoms with E-state index in [1.54, 1.807) is 7.05 Å². The third-order valence-electron chi connectivity index (χ3n) is 1.82. The van der Waals surface area contributed by atoms with Crippen molar-refractivity contribution in [3.63, 3.8) is 0 Å². The Balaban J connectivity index is 2.57. The van der Waals surface area contributed by atoms with Gasteiger partial charge in [-0.1, -0.05) is 0 Å². The summed E-state index contributed by atoms with van der Waals surface area (Å²) in [6, 6.07) is 0.206. The molecule has 0 aromatic heterocycles. The van der Waals surface area contributed by atoms with Crippen molar-refractivity contribution in [2.24, 2.45) is 0 Å². The van der Waals surface area contributed by atoms with Gasteiger partial charge in [-0.25, -0.2) is 0 Å². The van der Waals surface area contributed by atoms with E-state index in [0.717, 1.165) is 12.8 Å².